The number of hydrogen-bond acceptors (Lipinski definition) is 6. The van der Waals surface area contributed by atoms with Gasteiger partial charge in [-0.05, 0) is 41.8 Å². The first-order chi connectivity index (χ1) is 16.3. The first-order valence-corrected chi connectivity index (χ1v) is 12.5. The minimum absolute atomic E-state index is 0.0482. The van der Waals surface area contributed by atoms with E-state index in [0.29, 0.717) is 10.7 Å². The van der Waals surface area contributed by atoms with Crippen LogP contribution in [0.2, 0.25) is 0 Å². The molecule has 1 unspecified atom stereocenters. The maximum absolute atomic E-state index is 14.2. The van der Waals surface area contributed by atoms with Crippen molar-refractivity contribution in [2.45, 2.75) is 19.3 Å². The molecule has 176 valence electrons. The maximum Gasteiger partial charge on any atom is 0.253 e. The molecule has 1 aliphatic carbocycles. The SMILES string of the molecule is C[C@@H](C(=O)Nc1nncs1)[C@@H](c1ccc(-c2ccc(C(=O)N(C)C)cc2)s1)C1C=CC=C(F)C1. The van der Waals surface area contributed by atoms with Crippen LogP contribution in [0.25, 0.3) is 10.4 Å². The molecule has 0 fully saturated rings. The molecule has 2 amide bonds. The maximum atomic E-state index is 14.2. The summed E-state index contributed by atoms with van der Waals surface area (Å²) in [6.45, 7) is 1.87. The molecular weight excluding hydrogens is 471 g/mol. The summed E-state index contributed by atoms with van der Waals surface area (Å²) in [5, 5.41) is 10.9. The van der Waals surface area contributed by atoms with Crippen LogP contribution in [0.15, 0.2) is 66.0 Å². The predicted molar refractivity (Wildman–Crippen MR) is 135 cm³/mol. The fourth-order valence-corrected chi connectivity index (χ4v) is 5.81. The standard InChI is InChI=1S/C25H25FN4O2S2/c1-15(23(31)28-25-29-27-14-33-25)22(18-5-4-6-19(26)13-18)21-12-11-20(34-21)16-7-9-17(10-8-16)24(32)30(2)3/h4-12,14-15,18,22H,13H2,1-3H3,(H,28,29,31)/t15-,18?,22-/m1/s1. The molecule has 0 spiro atoms. The van der Waals surface area contributed by atoms with Crippen molar-refractivity contribution in [3.8, 4) is 10.4 Å². The average Bonchev–Trinajstić information content (AvgIpc) is 3.51. The molecule has 0 saturated carbocycles. The topological polar surface area (TPSA) is 75.2 Å². The van der Waals surface area contributed by atoms with Gasteiger partial charge in [0.2, 0.25) is 11.0 Å². The second kappa shape index (κ2) is 10.4. The number of allylic oxidation sites excluding steroid dienone is 4. The molecule has 9 heteroatoms. The molecule has 4 rings (SSSR count). The molecule has 1 aromatic carbocycles. The second-order valence-electron chi connectivity index (χ2n) is 8.39. The molecule has 3 atom stereocenters. The van der Waals surface area contributed by atoms with E-state index < -0.39 is 5.92 Å². The zero-order valence-electron chi connectivity index (χ0n) is 19.1. The van der Waals surface area contributed by atoms with Crippen molar-refractivity contribution in [2.75, 3.05) is 19.4 Å². The van der Waals surface area contributed by atoms with Crippen LogP contribution in [0.1, 0.15) is 34.5 Å². The van der Waals surface area contributed by atoms with Gasteiger partial charge in [-0.2, -0.15) is 0 Å². The summed E-state index contributed by atoms with van der Waals surface area (Å²) in [4.78, 5) is 28.8. The van der Waals surface area contributed by atoms with Crippen LogP contribution in [0, 0.1) is 11.8 Å². The summed E-state index contributed by atoms with van der Waals surface area (Å²) in [5.74, 6) is -1.19. The lowest BCUT2D eigenvalue weighted by Gasteiger charge is -2.29. The van der Waals surface area contributed by atoms with Crippen LogP contribution in [0.5, 0.6) is 0 Å². The van der Waals surface area contributed by atoms with Gasteiger partial charge in [0.05, 0.1) is 0 Å². The Morgan fingerprint density at radius 1 is 1.18 bits per heavy atom. The van der Waals surface area contributed by atoms with Crippen LogP contribution in [0.4, 0.5) is 9.52 Å². The van der Waals surface area contributed by atoms with E-state index in [0.717, 1.165) is 15.3 Å². The van der Waals surface area contributed by atoms with Crippen LogP contribution in [0.3, 0.4) is 0 Å². The Morgan fingerprint density at radius 3 is 2.59 bits per heavy atom. The number of nitrogens with zero attached hydrogens (tertiary/aromatic N) is 3. The smallest absolute Gasteiger partial charge is 0.253 e. The molecule has 6 nitrogen and oxygen atoms in total. The number of rotatable bonds is 7. The molecule has 2 heterocycles. The minimum Gasteiger partial charge on any atom is -0.345 e. The van der Waals surface area contributed by atoms with E-state index in [2.05, 4.69) is 15.5 Å². The van der Waals surface area contributed by atoms with Crippen molar-refractivity contribution in [2.24, 2.45) is 11.8 Å². The quantitative estimate of drug-likeness (QED) is 0.452. The van der Waals surface area contributed by atoms with Gasteiger partial charge < -0.3 is 10.2 Å². The van der Waals surface area contributed by atoms with E-state index in [1.54, 1.807) is 41.9 Å². The second-order valence-corrected chi connectivity index (χ2v) is 10.3. The van der Waals surface area contributed by atoms with Crippen molar-refractivity contribution >= 4 is 39.6 Å². The summed E-state index contributed by atoms with van der Waals surface area (Å²) >= 11 is 2.84. The predicted octanol–water partition coefficient (Wildman–Crippen LogP) is 5.76. The van der Waals surface area contributed by atoms with Crippen molar-refractivity contribution in [1.29, 1.82) is 0 Å². The molecule has 1 aliphatic rings. The van der Waals surface area contributed by atoms with Gasteiger partial charge in [0.25, 0.3) is 5.91 Å². The highest BCUT2D eigenvalue weighted by Crippen LogP contribution is 2.43. The van der Waals surface area contributed by atoms with Gasteiger partial charge in [0.1, 0.15) is 11.3 Å². The number of carbonyl (C=O) groups is 2. The Bertz CT molecular complexity index is 1220. The summed E-state index contributed by atoms with van der Waals surface area (Å²) in [6, 6.07) is 11.5. The van der Waals surface area contributed by atoms with Gasteiger partial charge >= 0.3 is 0 Å². The molecule has 34 heavy (non-hydrogen) atoms. The Hall–Kier alpha value is -3.17. The summed E-state index contributed by atoms with van der Waals surface area (Å²) in [7, 11) is 3.45. The van der Waals surface area contributed by atoms with Crippen LogP contribution in [-0.2, 0) is 4.79 Å². The third kappa shape index (κ3) is 5.31. The van der Waals surface area contributed by atoms with Gasteiger partial charge in [0.15, 0.2) is 0 Å². The number of nitrogens with one attached hydrogen (secondary N) is 1. The van der Waals surface area contributed by atoms with Gasteiger partial charge in [-0.25, -0.2) is 4.39 Å². The highest BCUT2D eigenvalue weighted by atomic mass is 32.1. The van der Waals surface area contributed by atoms with E-state index >= 15 is 0 Å². The molecular formula is C25H25FN4O2S2. The summed E-state index contributed by atoms with van der Waals surface area (Å²) < 4.78 is 14.2. The van der Waals surface area contributed by atoms with E-state index in [1.807, 2.05) is 49.4 Å². The highest BCUT2D eigenvalue weighted by Gasteiger charge is 2.34. The van der Waals surface area contributed by atoms with E-state index in [9.17, 15) is 14.0 Å². The van der Waals surface area contributed by atoms with E-state index in [1.165, 1.54) is 17.4 Å². The number of carbonyl (C=O) groups excluding carboxylic acids is 2. The monoisotopic (exact) mass is 496 g/mol. The summed E-state index contributed by atoms with van der Waals surface area (Å²) in [5.41, 5.74) is 3.17. The molecule has 0 bridgehead atoms. The Kier molecular flexibility index (Phi) is 7.33. The van der Waals surface area contributed by atoms with Crippen LogP contribution in [-0.4, -0.2) is 41.0 Å². The highest BCUT2D eigenvalue weighted by molar-refractivity contribution is 7.15. The third-order valence-corrected chi connectivity index (χ3v) is 7.69. The number of amides is 2. The molecule has 0 saturated heterocycles. The fraction of sp³-hybridized carbons (Fsp3) is 0.280. The largest absolute Gasteiger partial charge is 0.345 e. The van der Waals surface area contributed by atoms with Gasteiger partial charge in [0, 0.05) is 47.7 Å². The average molecular weight is 497 g/mol. The number of thiophene rings is 1. The fourth-order valence-electron chi connectivity index (χ4n) is 4.07. The number of hydrogen-bond donors (Lipinski definition) is 1. The Morgan fingerprint density at radius 2 is 1.94 bits per heavy atom. The molecule has 0 radical (unpaired) electrons. The van der Waals surface area contributed by atoms with Crippen molar-refractivity contribution in [3.63, 3.8) is 0 Å². The van der Waals surface area contributed by atoms with E-state index in [-0.39, 0.29) is 35.9 Å². The number of aromatic nitrogens is 2. The lowest BCUT2D eigenvalue weighted by molar-refractivity contribution is -0.120. The molecule has 0 aliphatic heterocycles. The number of anilines is 1. The normalized spacial score (nSPS) is 17.1. The minimum atomic E-state index is -0.420. The first kappa shape index (κ1) is 24.0. The first-order valence-electron chi connectivity index (χ1n) is 10.8. The van der Waals surface area contributed by atoms with Gasteiger partial charge in [-0.1, -0.05) is 42.5 Å². The lowest BCUT2D eigenvalue weighted by atomic mass is 9.77. The zero-order valence-corrected chi connectivity index (χ0v) is 20.7. The molecule has 2 aromatic heterocycles. The molecule has 3 aromatic rings. The van der Waals surface area contributed by atoms with Crippen molar-refractivity contribution in [1.82, 2.24) is 15.1 Å². The van der Waals surface area contributed by atoms with E-state index in [4.69, 9.17) is 0 Å². The van der Waals surface area contributed by atoms with Crippen LogP contribution >= 0.6 is 22.7 Å². The van der Waals surface area contributed by atoms with Crippen molar-refractivity contribution in [3.05, 3.63) is 76.4 Å². The van der Waals surface area contributed by atoms with Gasteiger partial charge in [-0.3, -0.25) is 9.59 Å². The van der Waals surface area contributed by atoms with Gasteiger partial charge in [-0.15, -0.1) is 21.5 Å². The van der Waals surface area contributed by atoms with Crippen molar-refractivity contribution < 1.29 is 14.0 Å². The Balaban J connectivity index is 1.61. The lowest BCUT2D eigenvalue weighted by Crippen LogP contribution is -2.29. The molecule has 1 N–H and O–H groups in total. The summed E-state index contributed by atoms with van der Waals surface area (Å²) in [6.07, 6.45) is 5.42. The van der Waals surface area contributed by atoms with Crippen LogP contribution < -0.4 is 5.32 Å². The zero-order chi connectivity index (χ0) is 24.2. The third-order valence-electron chi connectivity index (χ3n) is 5.85. The Labute approximate surface area is 205 Å². The number of benzene rings is 1. The number of halogens is 1.